The molecule has 1 rings (SSSR count). The Morgan fingerprint density at radius 2 is 2.29 bits per heavy atom. The summed E-state index contributed by atoms with van der Waals surface area (Å²) in [6.07, 6.45) is 5.56. The lowest BCUT2D eigenvalue weighted by atomic mass is 9.98. The Morgan fingerprint density at radius 3 is 2.82 bits per heavy atom. The molecule has 0 heterocycles. The van der Waals surface area contributed by atoms with Gasteiger partial charge in [0.15, 0.2) is 0 Å². The average molecular weight is 244 g/mol. The van der Waals surface area contributed by atoms with Gasteiger partial charge in [-0.25, -0.2) is 8.78 Å². The van der Waals surface area contributed by atoms with Crippen LogP contribution in [0.15, 0.2) is 23.8 Å². The number of likely N-dealkylation sites (N-methyl/N-ethyl adjacent to an activating group) is 1. The molecule has 0 saturated heterocycles. The molecular formula is C12H18F2N2O. The van der Waals surface area contributed by atoms with Gasteiger partial charge in [0.25, 0.3) is 5.91 Å². The summed E-state index contributed by atoms with van der Waals surface area (Å²) < 4.78 is 25.4. The Hall–Kier alpha value is -1.23. The van der Waals surface area contributed by atoms with Gasteiger partial charge < -0.3 is 10.6 Å². The summed E-state index contributed by atoms with van der Waals surface area (Å²) in [5, 5.41) is 0. The van der Waals surface area contributed by atoms with Gasteiger partial charge in [-0.05, 0) is 13.3 Å². The summed E-state index contributed by atoms with van der Waals surface area (Å²) in [5.74, 6) is -3.02. The van der Waals surface area contributed by atoms with Crippen LogP contribution in [0.3, 0.4) is 0 Å². The van der Waals surface area contributed by atoms with Gasteiger partial charge in [-0.15, -0.1) is 0 Å². The second-order valence-corrected chi connectivity index (χ2v) is 4.44. The fraction of sp³-hybridized carbons (Fsp3) is 0.583. The molecule has 1 amide bonds. The van der Waals surface area contributed by atoms with Crippen molar-refractivity contribution in [3.05, 3.63) is 23.8 Å². The molecule has 5 heteroatoms. The molecule has 0 saturated carbocycles. The molecule has 0 spiro atoms. The van der Waals surface area contributed by atoms with Crippen molar-refractivity contribution in [2.75, 3.05) is 13.6 Å². The largest absolute Gasteiger partial charge is 0.342 e. The van der Waals surface area contributed by atoms with Crippen LogP contribution in [0.2, 0.25) is 0 Å². The Balaban J connectivity index is 2.58. The number of allylic oxidation sites excluding steroid dienone is 2. The molecule has 17 heavy (non-hydrogen) atoms. The smallest absolute Gasteiger partial charge is 0.251 e. The van der Waals surface area contributed by atoms with Crippen molar-refractivity contribution < 1.29 is 13.6 Å². The number of amides is 1. The van der Waals surface area contributed by atoms with E-state index in [1.807, 2.05) is 6.08 Å². The van der Waals surface area contributed by atoms with E-state index in [1.54, 1.807) is 12.2 Å². The molecule has 0 bridgehead atoms. The van der Waals surface area contributed by atoms with Crippen molar-refractivity contribution in [3.63, 3.8) is 0 Å². The lowest BCUT2D eigenvalue weighted by Crippen LogP contribution is -2.38. The molecule has 2 N–H and O–H groups in total. The maximum absolute atomic E-state index is 12.7. The molecule has 3 nitrogen and oxygen atoms in total. The molecular weight excluding hydrogens is 226 g/mol. The monoisotopic (exact) mass is 244 g/mol. The maximum Gasteiger partial charge on any atom is 0.251 e. The van der Waals surface area contributed by atoms with Gasteiger partial charge in [-0.2, -0.15) is 0 Å². The van der Waals surface area contributed by atoms with E-state index in [1.165, 1.54) is 11.9 Å². The van der Waals surface area contributed by atoms with E-state index in [4.69, 9.17) is 5.73 Å². The van der Waals surface area contributed by atoms with E-state index >= 15 is 0 Å². The highest BCUT2D eigenvalue weighted by Crippen LogP contribution is 2.18. The van der Waals surface area contributed by atoms with Gasteiger partial charge in [0.1, 0.15) is 0 Å². The van der Waals surface area contributed by atoms with Crippen LogP contribution in [0.1, 0.15) is 19.8 Å². The van der Waals surface area contributed by atoms with E-state index in [0.717, 1.165) is 6.92 Å². The van der Waals surface area contributed by atoms with Crippen molar-refractivity contribution in [2.24, 2.45) is 5.73 Å². The fourth-order valence-corrected chi connectivity index (χ4v) is 1.56. The Morgan fingerprint density at radius 1 is 1.65 bits per heavy atom. The zero-order valence-corrected chi connectivity index (χ0v) is 10.1. The normalized spacial score (nSPS) is 20.1. The van der Waals surface area contributed by atoms with Crippen LogP contribution in [0.5, 0.6) is 0 Å². The van der Waals surface area contributed by atoms with E-state index in [9.17, 15) is 13.6 Å². The number of carbonyl (C=O) groups is 1. The maximum atomic E-state index is 12.7. The molecule has 0 fully saturated rings. The van der Waals surface area contributed by atoms with Crippen LogP contribution in [-0.4, -0.2) is 36.4 Å². The Kier molecular flexibility index (Phi) is 4.40. The summed E-state index contributed by atoms with van der Waals surface area (Å²) >= 11 is 0. The van der Waals surface area contributed by atoms with Crippen LogP contribution in [-0.2, 0) is 4.79 Å². The minimum absolute atomic E-state index is 0.0239. The third-order valence-corrected chi connectivity index (χ3v) is 2.68. The molecule has 0 aliphatic heterocycles. The highest BCUT2D eigenvalue weighted by atomic mass is 19.3. The van der Waals surface area contributed by atoms with Crippen molar-refractivity contribution in [1.82, 2.24) is 4.90 Å². The lowest BCUT2D eigenvalue weighted by Gasteiger charge is -2.24. The van der Waals surface area contributed by atoms with Crippen molar-refractivity contribution in [3.8, 4) is 0 Å². The lowest BCUT2D eigenvalue weighted by molar-refractivity contribution is -0.127. The minimum atomic E-state index is -2.75. The number of rotatable bonds is 4. The highest BCUT2D eigenvalue weighted by molar-refractivity contribution is 5.95. The summed E-state index contributed by atoms with van der Waals surface area (Å²) in [4.78, 5) is 13.2. The van der Waals surface area contributed by atoms with E-state index in [-0.39, 0.29) is 24.9 Å². The SMILES string of the molecule is CN(CCC(C)(F)F)C(=O)C1=CC=CCC1N. The molecule has 1 unspecified atom stereocenters. The first kappa shape index (κ1) is 13.8. The number of hydrogen-bond acceptors (Lipinski definition) is 2. The number of hydrogen-bond donors (Lipinski definition) is 1. The summed E-state index contributed by atoms with van der Waals surface area (Å²) in [5.41, 5.74) is 6.27. The van der Waals surface area contributed by atoms with Crippen molar-refractivity contribution in [1.29, 1.82) is 0 Å². The molecule has 0 radical (unpaired) electrons. The van der Waals surface area contributed by atoms with Crippen LogP contribution < -0.4 is 5.73 Å². The van der Waals surface area contributed by atoms with Gasteiger partial charge in [-0.3, -0.25) is 4.79 Å². The molecule has 96 valence electrons. The zero-order chi connectivity index (χ0) is 13.1. The van der Waals surface area contributed by atoms with Crippen molar-refractivity contribution >= 4 is 5.91 Å². The predicted molar refractivity (Wildman–Crippen MR) is 62.7 cm³/mol. The second kappa shape index (κ2) is 5.40. The van der Waals surface area contributed by atoms with Crippen LogP contribution in [0.4, 0.5) is 8.78 Å². The number of nitrogens with zero attached hydrogens (tertiary/aromatic N) is 1. The molecule has 1 aliphatic rings. The molecule has 0 aromatic carbocycles. The first-order chi connectivity index (χ1) is 7.81. The van der Waals surface area contributed by atoms with Crippen LogP contribution >= 0.6 is 0 Å². The highest BCUT2D eigenvalue weighted by Gasteiger charge is 2.25. The predicted octanol–water partition coefficient (Wildman–Crippen LogP) is 1.70. The third-order valence-electron chi connectivity index (χ3n) is 2.68. The van der Waals surface area contributed by atoms with E-state index in [2.05, 4.69) is 0 Å². The topological polar surface area (TPSA) is 46.3 Å². The van der Waals surface area contributed by atoms with Gasteiger partial charge >= 0.3 is 0 Å². The van der Waals surface area contributed by atoms with Gasteiger partial charge in [0.2, 0.25) is 5.92 Å². The van der Waals surface area contributed by atoms with Gasteiger partial charge in [-0.1, -0.05) is 18.2 Å². The standard InChI is InChI=1S/C12H18F2N2O/c1-12(13,14)7-8-16(2)11(17)9-5-3-4-6-10(9)15/h3-5,10H,6-8,15H2,1-2H3. The minimum Gasteiger partial charge on any atom is -0.342 e. The van der Waals surface area contributed by atoms with E-state index < -0.39 is 5.92 Å². The Bertz CT molecular complexity index is 345. The second-order valence-electron chi connectivity index (χ2n) is 4.44. The number of halogens is 2. The fourth-order valence-electron chi connectivity index (χ4n) is 1.56. The average Bonchev–Trinajstić information content (AvgIpc) is 2.24. The number of carbonyl (C=O) groups excluding carboxylic acids is 1. The van der Waals surface area contributed by atoms with E-state index in [0.29, 0.717) is 12.0 Å². The Labute approximate surface area is 100.0 Å². The zero-order valence-electron chi connectivity index (χ0n) is 10.1. The first-order valence-electron chi connectivity index (χ1n) is 5.57. The summed E-state index contributed by atoms with van der Waals surface area (Å²) in [7, 11) is 1.51. The quantitative estimate of drug-likeness (QED) is 0.818. The van der Waals surface area contributed by atoms with Gasteiger partial charge in [0.05, 0.1) is 0 Å². The number of nitrogens with two attached hydrogens (primary N) is 1. The molecule has 0 aromatic heterocycles. The molecule has 1 atom stereocenters. The van der Waals surface area contributed by atoms with Crippen LogP contribution in [0, 0.1) is 0 Å². The third kappa shape index (κ3) is 4.26. The summed E-state index contributed by atoms with van der Waals surface area (Å²) in [6.45, 7) is 0.871. The molecule has 1 aliphatic carbocycles. The summed E-state index contributed by atoms with van der Waals surface area (Å²) in [6, 6.07) is -0.336. The van der Waals surface area contributed by atoms with Crippen molar-refractivity contribution in [2.45, 2.75) is 31.7 Å². The van der Waals surface area contributed by atoms with Crippen LogP contribution in [0.25, 0.3) is 0 Å². The van der Waals surface area contributed by atoms with Gasteiger partial charge in [0, 0.05) is 31.6 Å². The first-order valence-corrected chi connectivity index (χ1v) is 5.57. The molecule has 0 aromatic rings. The number of alkyl halides is 2.